The zero-order valence-corrected chi connectivity index (χ0v) is 20.1. The van der Waals surface area contributed by atoms with E-state index >= 15 is 0 Å². The van der Waals surface area contributed by atoms with Crippen LogP contribution in [-0.4, -0.2) is 55.2 Å². The number of hydrogen-bond donors (Lipinski definition) is 3. The minimum atomic E-state index is -0.945. The Morgan fingerprint density at radius 3 is 2.77 bits per heavy atom. The van der Waals surface area contributed by atoms with Crippen LogP contribution in [-0.2, 0) is 25.9 Å². The van der Waals surface area contributed by atoms with Gasteiger partial charge in [0.05, 0.1) is 22.3 Å². The summed E-state index contributed by atoms with van der Waals surface area (Å²) in [6.45, 7) is 4.38. The molecule has 1 aliphatic carbocycles. The molecule has 3 N–H and O–H groups in total. The van der Waals surface area contributed by atoms with E-state index in [1.807, 2.05) is 25.1 Å². The molecule has 2 aliphatic rings. The molecule has 2 aromatic heterocycles. The molecule has 3 heterocycles. The maximum Gasteiger partial charge on any atom is 0.412 e. The molecule has 9 nitrogen and oxygen atoms in total. The Morgan fingerprint density at radius 2 is 2.06 bits per heavy atom. The van der Waals surface area contributed by atoms with Gasteiger partial charge in [0.25, 0.3) is 5.56 Å². The van der Waals surface area contributed by atoms with Gasteiger partial charge < -0.3 is 24.7 Å². The molecule has 0 unspecified atom stereocenters. The lowest BCUT2D eigenvalue weighted by Gasteiger charge is -2.36. The molecule has 1 aromatic carbocycles. The number of benzene rings is 1. The number of carbonyl (C=O) groups is 1. The second-order valence-corrected chi connectivity index (χ2v) is 9.89. The molecule has 0 bridgehead atoms. The number of rotatable bonds is 8. The third-order valence-electron chi connectivity index (χ3n) is 7.52. The number of imidazole rings is 1. The van der Waals surface area contributed by atoms with Crippen molar-refractivity contribution in [2.24, 2.45) is 0 Å². The number of pyridine rings is 1. The van der Waals surface area contributed by atoms with Crippen molar-refractivity contribution >= 4 is 22.8 Å². The third kappa shape index (κ3) is 4.58. The number of fused-ring (bicyclic) bond motifs is 3. The lowest BCUT2D eigenvalue weighted by Crippen LogP contribution is -2.46. The van der Waals surface area contributed by atoms with Crippen molar-refractivity contribution < 1.29 is 15.0 Å². The Balaban J connectivity index is 1.46. The predicted molar refractivity (Wildman–Crippen MR) is 134 cm³/mol. The number of nitrogens with zero attached hydrogens (tertiary/aromatic N) is 4. The Labute approximate surface area is 204 Å². The maximum absolute atomic E-state index is 12.2. The van der Waals surface area contributed by atoms with Crippen LogP contribution in [0.1, 0.15) is 44.0 Å². The van der Waals surface area contributed by atoms with Crippen LogP contribution in [0.4, 0.5) is 10.5 Å². The van der Waals surface area contributed by atoms with Crippen molar-refractivity contribution in [3.8, 4) is 0 Å². The monoisotopic (exact) mass is 479 g/mol. The number of aliphatic hydroxyl groups is 1. The number of carboxylic acid groups (broad SMARTS) is 1. The summed E-state index contributed by atoms with van der Waals surface area (Å²) in [5.41, 5.74) is 2.87. The van der Waals surface area contributed by atoms with E-state index in [9.17, 15) is 19.8 Å². The Kier molecular flexibility index (Phi) is 6.37. The van der Waals surface area contributed by atoms with Crippen molar-refractivity contribution in [2.45, 2.75) is 70.2 Å². The van der Waals surface area contributed by atoms with Crippen LogP contribution in [0.5, 0.6) is 0 Å². The topological polar surface area (TPSA) is 113 Å². The Bertz CT molecular complexity index is 1290. The van der Waals surface area contributed by atoms with Gasteiger partial charge in [-0.1, -0.05) is 6.07 Å². The summed E-state index contributed by atoms with van der Waals surface area (Å²) in [7, 11) is 0. The molecule has 5 rings (SSSR count). The van der Waals surface area contributed by atoms with Gasteiger partial charge in [0.15, 0.2) is 0 Å². The van der Waals surface area contributed by atoms with Crippen LogP contribution >= 0.6 is 0 Å². The number of anilines is 1. The minimum Gasteiger partial charge on any atom is -0.465 e. The highest BCUT2D eigenvalue weighted by Gasteiger charge is 2.34. The first kappa shape index (κ1) is 23.6. The van der Waals surface area contributed by atoms with E-state index in [-0.39, 0.29) is 11.6 Å². The van der Waals surface area contributed by atoms with Gasteiger partial charge in [0, 0.05) is 56.5 Å². The molecule has 35 heavy (non-hydrogen) atoms. The smallest absolute Gasteiger partial charge is 0.412 e. The van der Waals surface area contributed by atoms with Crippen molar-refractivity contribution in [1.29, 1.82) is 0 Å². The zero-order chi connectivity index (χ0) is 24.6. The predicted octanol–water partition coefficient (Wildman–Crippen LogP) is 2.76. The lowest BCUT2D eigenvalue weighted by molar-refractivity contribution is -0.0311. The molecule has 1 aliphatic heterocycles. The molecule has 0 spiro atoms. The van der Waals surface area contributed by atoms with Crippen LogP contribution in [0, 0.1) is 0 Å². The molecule has 0 radical (unpaired) electrons. The van der Waals surface area contributed by atoms with Crippen molar-refractivity contribution in [1.82, 2.24) is 19.4 Å². The van der Waals surface area contributed by atoms with E-state index in [0.29, 0.717) is 38.3 Å². The van der Waals surface area contributed by atoms with Gasteiger partial charge in [-0.15, -0.1) is 0 Å². The number of amides is 1. The molecule has 186 valence electrons. The highest BCUT2D eigenvalue weighted by Crippen LogP contribution is 2.36. The van der Waals surface area contributed by atoms with Crippen molar-refractivity contribution in [2.75, 3.05) is 18.0 Å². The molecule has 0 saturated heterocycles. The average molecular weight is 480 g/mol. The van der Waals surface area contributed by atoms with Crippen LogP contribution in [0.15, 0.2) is 41.3 Å². The molecule has 1 atom stereocenters. The summed E-state index contributed by atoms with van der Waals surface area (Å²) < 4.78 is 3.85. The van der Waals surface area contributed by atoms with Gasteiger partial charge in [0.2, 0.25) is 0 Å². The number of aryl methyl sites for hydroxylation is 3. The highest BCUT2D eigenvalue weighted by molar-refractivity contribution is 5.94. The molecular weight excluding hydrogens is 446 g/mol. The fourth-order valence-corrected chi connectivity index (χ4v) is 5.35. The van der Waals surface area contributed by atoms with Gasteiger partial charge in [-0.05, 0) is 57.2 Å². The first-order valence-electron chi connectivity index (χ1n) is 12.5. The fraction of sp³-hybridized carbons (Fsp3) is 0.500. The SMILES string of the molecule is C[C@H]1CCc2c(ccc3c2nc(CCn2ccccc2=O)n3CCNCC2(O)CCC2)N1C(=O)O. The molecule has 1 saturated carbocycles. The average Bonchev–Trinajstić information content (AvgIpc) is 3.17. The summed E-state index contributed by atoms with van der Waals surface area (Å²) in [5, 5.41) is 23.6. The van der Waals surface area contributed by atoms with Crippen LogP contribution in [0.25, 0.3) is 11.0 Å². The summed E-state index contributed by atoms with van der Waals surface area (Å²) in [6.07, 6.45) is 5.70. The van der Waals surface area contributed by atoms with E-state index in [4.69, 9.17) is 4.98 Å². The first-order valence-corrected chi connectivity index (χ1v) is 12.5. The Hall–Kier alpha value is -3.17. The van der Waals surface area contributed by atoms with Crippen LogP contribution in [0.3, 0.4) is 0 Å². The Morgan fingerprint density at radius 1 is 1.23 bits per heavy atom. The van der Waals surface area contributed by atoms with Crippen molar-refractivity contribution in [3.63, 3.8) is 0 Å². The molecule has 9 heteroatoms. The lowest BCUT2D eigenvalue weighted by atomic mass is 9.80. The van der Waals surface area contributed by atoms with Crippen LogP contribution < -0.4 is 15.8 Å². The second-order valence-electron chi connectivity index (χ2n) is 9.89. The first-order chi connectivity index (χ1) is 16.9. The van der Waals surface area contributed by atoms with Gasteiger partial charge in [-0.2, -0.15) is 0 Å². The van der Waals surface area contributed by atoms with E-state index < -0.39 is 11.7 Å². The standard InChI is InChI=1S/C26H33N5O4/c1-18-6-7-19-20(31(18)25(33)34)8-9-21-24(19)28-22(10-15-29-14-3-2-5-23(29)32)30(21)16-13-27-17-26(35)11-4-12-26/h2-3,5,8-9,14,18,27,35H,4,6-7,10-13,15-17H2,1H3,(H,33,34)/t18-/m0/s1. The van der Waals surface area contributed by atoms with Crippen molar-refractivity contribution in [3.05, 3.63) is 58.3 Å². The van der Waals surface area contributed by atoms with Gasteiger partial charge in [-0.3, -0.25) is 9.69 Å². The normalized spacial score (nSPS) is 18.9. The zero-order valence-electron chi connectivity index (χ0n) is 20.1. The van der Waals surface area contributed by atoms with E-state index in [1.165, 1.54) is 4.90 Å². The van der Waals surface area contributed by atoms with Gasteiger partial charge >= 0.3 is 6.09 Å². The second kappa shape index (κ2) is 9.47. The summed E-state index contributed by atoms with van der Waals surface area (Å²) >= 11 is 0. The maximum atomic E-state index is 12.2. The van der Waals surface area contributed by atoms with E-state index in [2.05, 4.69) is 9.88 Å². The molecule has 1 amide bonds. The third-order valence-corrected chi connectivity index (χ3v) is 7.52. The summed E-state index contributed by atoms with van der Waals surface area (Å²) in [4.78, 5) is 30.6. The molecule has 1 fully saturated rings. The van der Waals surface area contributed by atoms with Crippen LogP contribution in [0.2, 0.25) is 0 Å². The van der Waals surface area contributed by atoms with Gasteiger partial charge in [0.1, 0.15) is 5.82 Å². The molecule has 3 aromatic rings. The minimum absolute atomic E-state index is 0.0472. The quantitative estimate of drug-likeness (QED) is 0.428. The van der Waals surface area contributed by atoms with E-state index in [1.54, 1.807) is 22.9 Å². The van der Waals surface area contributed by atoms with E-state index in [0.717, 1.165) is 54.5 Å². The molecular formula is C26H33N5O4. The van der Waals surface area contributed by atoms with Gasteiger partial charge in [-0.25, -0.2) is 9.78 Å². The number of hydrogen-bond acceptors (Lipinski definition) is 5. The highest BCUT2D eigenvalue weighted by atomic mass is 16.4. The summed E-state index contributed by atoms with van der Waals surface area (Å²) in [5.74, 6) is 0.869. The number of nitrogens with one attached hydrogen (secondary N) is 1. The largest absolute Gasteiger partial charge is 0.465 e. The fourth-order valence-electron chi connectivity index (χ4n) is 5.35. The number of aromatic nitrogens is 3. The summed E-state index contributed by atoms with van der Waals surface area (Å²) in [6, 6.07) is 8.92.